The van der Waals surface area contributed by atoms with Gasteiger partial charge < -0.3 is 19.4 Å². The van der Waals surface area contributed by atoms with E-state index in [4.69, 9.17) is 9.15 Å². The van der Waals surface area contributed by atoms with Gasteiger partial charge in [-0.15, -0.1) is 0 Å². The number of esters is 1. The van der Waals surface area contributed by atoms with Crippen molar-refractivity contribution in [2.45, 2.75) is 25.7 Å². The Labute approximate surface area is 171 Å². The van der Waals surface area contributed by atoms with Gasteiger partial charge in [0.05, 0.1) is 11.2 Å². The van der Waals surface area contributed by atoms with Gasteiger partial charge in [-0.1, -0.05) is 0 Å². The number of amides is 2. The average molecular weight is 415 g/mol. The lowest BCUT2D eigenvalue weighted by atomic mass is 10.0. The van der Waals surface area contributed by atoms with Crippen molar-refractivity contribution in [3.63, 3.8) is 0 Å². The van der Waals surface area contributed by atoms with E-state index in [9.17, 15) is 24.5 Å². The van der Waals surface area contributed by atoms with Crippen LogP contribution in [-0.2, 0) is 20.7 Å². The summed E-state index contributed by atoms with van der Waals surface area (Å²) in [6, 6.07) is 7.51. The molecule has 0 radical (unpaired) electrons. The van der Waals surface area contributed by atoms with Crippen LogP contribution in [0.4, 0.5) is 11.4 Å². The molecule has 1 aromatic heterocycles. The largest absolute Gasteiger partial charge is 0.459 e. The van der Waals surface area contributed by atoms with E-state index in [1.165, 1.54) is 29.4 Å². The van der Waals surface area contributed by atoms with E-state index in [0.717, 1.165) is 5.56 Å². The van der Waals surface area contributed by atoms with Crippen LogP contribution in [0.25, 0.3) is 0 Å². The van der Waals surface area contributed by atoms with E-state index in [2.05, 4.69) is 5.32 Å². The van der Waals surface area contributed by atoms with Gasteiger partial charge >= 0.3 is 5.97 Å². The van der Waals surface area contributed by atoms with Crippen molar-refractivity contribution < 1.29 is 28.5 Å². The highest BCUT2D eigenvalue weighted by Gasteiger charge is 2.25. The second kappa shape index (κ2) is 9.68. The molecule has 2 heterocycles. The van der Waals surface area contributed by atoms with Crippen molar-refractivity contribution in [1.82, 2.24) is 5.32 Å². The summed E-state index contributed by atoms with van der Waals surface area (Å²) in [6.45, 7) is 0.314. The highest BCUT2D eigenvalue weighted by atomic mass is 16.6. The Morgan fingerprint density at radius 1 is 1.27 bits per heavy atom. The van der Waals surface area contributed by atoms with E-state index in [0.29, 0.717) is 31.5 Å². The van der Waals surface area contributed by atoms with Crippen molar-refractivity contribution in [2.24, 2.45) is 0 Å². The maximum Gasteiger partial charge on any atom is 0.306 e. The number of hydrogen-bond donors (Lipinski definition) is 1. The minimum absolute atomic E-state index is 0.0198. The fraction of sp³-hybridized carbons (Fsp3) is 0.350. The number of non-ortho nitro benzene ring substituents is 1. The van der Waals surface area contributed by atoms with E-state index in [-0.39, 0.29) is 36.2 Å². The molecule has 3 rings (SSSR count). The van der Waals surface area contributed by atoms with Crippen LogP contribution in [0.3, 0.4) is 0 Å². The van der Waals surface area contributed by atoms with Crippen LogP contribution in [0.1, 0.15) is 35.4 Å². The standard InChI is InChI=1S/C20H21N3O7/c24-18(22-10-2-4-14-12-15(23(27)28)7-8-16(14)22)13-30-19(25)6-1-9-21-20(26)17-5-3-11-29-17/h3,5,7-8,11-12H,1-2,4,6,9-10,13H2,(H,21,26). The molecule has 10 heteroatoms. The number of carbonyl (C=O) groups is 3. The number of anilines is 1. The highest BCUT2D eigenvalue weighted by Crippen LogP contribution is 2.30. The smallest absolute Gasteiger partial charge is 0.306 e. The molecule has 0 unspecified atom stereocenters. The lowest BCUT2D eigenvalue weighted by Gasteiger charge is -2.29. The Morgan fingerprint density at radius 3 is 2.83 bits per heavy atom. The molecule has 0 atom stereocenters. The first-order valence-corrected chi connectivity index (χ1v) is 9.50. The SMILES string of the molecule is O=C(CCCNC(=O)c1ccco1)OCC(=O)N1CCCc2cc([N+](=O)[O-])ccc21. The molecular formula is C20H21N3O7. The highest BCUT2D eigenvalue weighted by molar-refractivity contribution is 5.96. The third-order valence-electron chi connectivity index (χ3n) is 4.64. The Hall–Kier alpha value is -3.69. The zero-order valence-corrected chi connectivity index (χ0v) is 16.2. The molecule has 0 saturated carbocycles. The molecule has 1 N–H and O–H groups in total. The molecule has 1 aromatic carbocycles. The molecule has 2 aromatic rings. The summed E-state index contributed by atoms with van der Waals surface area (Å²) in [7, 11) is 0. The number of nitro groups is 1. The Kier molecular flexibility index (Phi) is 6.79. The number of rotatable bonds is 8. The minimum Gasteiger partial charge on any atom is -0.459 e. The maximum atomic E-state index is 12.5. The summed E-state index contributed by atoms with van der Waals surface area (Å²) in [5.74, 6) is -1.11. The molecule has 158 valence electrons. The second-order valence-corrected chi connectivity index (χ2v) is 6.72. The molecule has 30 heavy (non-hydrogen) atoms. The molecule has 0 saturated heterocycles. The second-order valence-electron chi connectivity index (χ2n) is 6.72. The molecule has 1 aliphatic heterocycles. The van der Waals surface area contributed by atoms with Crippen LogP contribution in [-0.4, -0.2) is 42.4 Å². The number of ether oxygens (including phenoxy) is 1. The van der Waals surface area contributed by atoms with Crippen molar-refractivity contribution in [1.29, 1.82) is 0 Å². The molecule has 0 spiro atoms. The monoisotopic (exact) mass is 415 g/mol. The molecular weight excluding hydrogens is 394 g/mol. The van der Waals surface area contributed by atoms with Gasteiger partial charge in [-0.25, -0.2) is 0 Å². The van der Waals surface area contributed by atoms with Gasteiger partial charge in [-0.05, 0) is 43.0 Å². The summed E-state index contributed by atoms with van der Waals surface area (Å²) in [6.07, 6.45) is 3.11. The number of hydrogen-bond acceptors (Lipinski definition) is 7. The Balaban J connectivity index is 1.43. The van der Waals surface area contributed by atoms with Crippen LogP contribution in [0, 0.1) is 10.1 Å². The lowest BCUT2D eigenvalue weighted by Crippen LogP contribution is -2.38. The van der Waals surface area contributed by atoms with Gasteiger partial charge in [0, 0.05) is 37.3 Å². The molecule has 0 bridgehead atoms. The van der Waals surface area contributed by atoms with Gasteiger partial charge in [-0.3, -0.25) is 24.5 Å². The van der Waals surface area contributed by atoms with E-state index in [1.807, 2.05) is 0 Å². The zero-order valence-electron chi connectivity index (χ0n) is 16.2. The molecule has 2 amide bonds. The molecule has 0 fully saturated rings. The third-order valence-corrected chi connectivity index (χ3v) is 4.64. The van der Waals surface area contributed by atoms with Crippen LogP contribution < -0.4 is 10.2 Å². The van der Waals surface area contributed by atoms with Crippen molar-refractivity contribution >= 4 is 29.2 Å². The first-order valence-electron chi connectivity index (χ1n) is 9.50. The first kappa shape index (κ1) is 21.0. The summed E-state index contributed by atoms with van der Waals surface area (Å²) in [5.41, 5.74) is 1.31. The first-order chi connectivity index (χ1) is 14.5. The van der Waals surface area contributed by atoms with Gasteiger partial charge in [0.15, 0.2) is 12.4 Å². The number of carbonyl (C=O) groups excluding carboxylic acids is 3. The number of fused-ring (bicyclic) bond motifs is 1. The van der Waals surface area contributed by atoms with Crippen molar-refractivity contribution in [3.05, 3.63) is 58.0 Å². The quantitative estimate of drug-likeness (QED) is 0.302. The maximum absolute atomic E-state index is 12.5. The Bertz CT molecular complexity index is 940. The van der Waals surface area contributed by atoms with Crippen LogP contribution in [0.15, 0.2) is 41.0 Å². The lowest BCUT2D eigenvalue weighted by molar-refractivity contribution is -0.384. The van der Waals surface area contributed by atoms with Crippen LogP contribution in [0.2, 0.25) is 0 Å². The number of nitrogens with one attached hydrogen (secondary N) is 1. The van der Waals surface area contributed by atoms with Gasteiger partial charge in [-0.2, -0.15) is 0 Å². The zero-order chi connectivity index (χ0) is 21.5. The average Bonchev–Trinajstić information content (AvgIpc) is 3.29. The number of nitro benzene ring substituents is 1. The van der Waals surface area contributed by atoms with Gasteiger partial charge in [0.25, 0.3) is 17.5 Å². The number of furan rings is 1. The van der Waals surface area contributed by atoms with Gasteiger partial charge in [0.1, 0.15) is 0 Å². The predicted octanol–water partition coefficient (Wildman–Crippen LogP) is 2.22. The normalized spacial score (nSPS) is 12.7. The van der Waals surface area contributed by atoms with Crippen molar-refractivity contribution in [2.75, 3.05) is 24.6 Å². The summed E-state index contributed by atoms with van der Waals surface area (Å²) < 4.78 is 10.0. The fourth-order valence-electron chi connectivity index (χ4n) is 3.18. The van der Waals surface area contributed by atoms with Gasteiger partial charge in [0.2, 0.25) is 0 Å². The number of aryl methyl sites for hydroxylation is 1. The van der Waals surface area contributed by atoms with Crippen LogP contribution >= 0.6 is 0 Å². The predicted molar refractivity (Wildman–Crippen MR) is 105 cm³/mol. The summed E-state index contributed by atoms with van der Waals surface area (Å²) >= 11 is 0. The number of benzene rings is 1. The van der Waals surface area contributed by atoms with Crippen LogP contribution in [0.5, 0.6) is 0 Å². The summed E-state index contributed by atoms with van der Waals surface area (Å²) in [5, 5.41) is 13.5. The Morgan fingerprint density at radius 2 is 2.10 bits per heavy atom. The third kappa shape index (κ3) is 5.22. The minimum atomic E-state index is -0.545. The summed E-state index contributed by atoms with van der Waals surface area (Å²) in [4.78, 5) is 48.0. The molecule has 0 aliphatic carbocycles. The van der Waals surface area contributed by atoms with E-state index < -0.39 is 17.5 Å². The molecule has 1 aliphatic rings. The fourth-order valence-corrected chi connectivity index (χ4v) is 3.18. The topological polar surface area (TPSA) is 132 Å². The van der Waals surface area contributed by atoms with E-state index >= 15 is 0 Å². The van der Waals surface area contributed by atoms with E-state index in [1.54, 1.807) is 12.1 Å². The molecule has 10 nitrogen and oxygen atoms in total. The number of nitrogens with zero attached hydrogens (tertiary/aromatic N) is 2. The van der Waals surface area contributed by atoms with Crippen molar-refractivity contribution in [3.8, 4) is 0 Å².